The summed E-state index contributed by atoms with van der Waals surface area (Å²) in [4.78, 5) is 19.1. The molecule has 0 spiro atoms. The summed E-state index contributed by atoms with van der Waals surface area (Å²) in [5, 5.41) is 0. The molecule has 0 saturated carbocycles. The second-order valence-corrected chi connectivity index (χ2v) is 6.81. The highest BCUT2D eigenvalue weighted by Crippen LogP contribution is 2.39. The number of hydrogen-bond donors (Lipinski definition) is 0. The average molecular weight is 301 g/mol. The van der Waals surface area contributed by atoms with Crippen LogP contribution in [0.25, 0.3) is 11.3 Å². The number of imidazole rings is 1. The molecular weight excluding hydrogens is 281 g/mol. The largest absolute Gasteiger partial charge is 0.331 e. The maximum Gasteiger partial charge on any atom is 0.248 e. The number of hydrogen-bond acceptors (Lipinski definition) is 2. The van der Waals surface area contributed by atoms with Gasteiger partial charge >= 0.3 is 0 Å². The molecule has 2 aromatic rings. The fraction of sp³-hybridized carbons (Fsp3) is 0.412. The van der Waals surface area contributed by atoms with Crippen LogP contribution in [-0.2, 0) is 15.9 Å². The van der Waals surface area contributed by atoms with Crippen molar-refractivity contribution < 1.29 is 9.18 Å². The van der Waals surface area contributed by atoms with Gasteiger partial charge in [0.15, 0.2) is 0 Å². The summed E-state index contributed by atoms with van der Waals surface area (Å²) in [6.45, 7) is 7.74. The highest BCUT2D eigenvalue weighted by molar-refractivity contribution is 5.86. The van der Waals surface area contributed by atoms with Gasteiger partial charge in [0.1, 0.15) is 17.2 Å². The van der Waals surface area contributed by atoms with Gasteiger partial charge in [-0.3, -0.25) is 4.79 Å². The lowest BCUT2D eigenvalue weighted by molar-refractivity contribution is -0.147. The van der Waals surface area contributed by atoms with Crippen LogP contribution in [0.1, 0.15) is 33.5 Å². The van der Waals surface area contributed by atoms with E-state index in [1.165, 1.54) is 12.1 Å². The predicted molar refractivity (Wildman–Crippen MR) is 82.7 cm³/mol. The van der Waals surface area contributed by atoms with Crippen LogP contribution < -0.4 is 0 Å². The van der Waals surface area contributed by atoms with Crippen molar-refractivity contribution in [1.82, 2.24) is 14.5 Å². The molecule has 4 nitrogen and oxygen atoms in total. The van der Waals surface area contributed by atoms with Crippen molar-refractivity contribution in [2.24, 2.45) is 0 Å². The summed E-state index contributed by atoms with van der Waals surface area (Å²) < 4.78 is 15.0. The van der Waals surface area contributed by atoms with Crippen LogP contribution in [0.4, 0.5) is 4.39 Å². The van der Waals surface area contributed by atoms with Crippen molar-refractivity contribution in [3.05, 3.63) is 42.1 Å². The Bertz CT molecular complexity index is 744. The second-order valence-electron chi connectivity index (χ2n) is 6.81. The lowest BCUT2D eigenvalue weighted by Gasteiger charge is -2.46. The molecule has 0 atom stereocenters. The van der Waals surface area contributed by atoms with Gasteiger partial charge in [-0.25, -0.2) is 9.37 Å². The van der Waals surface area contributed by atoms with E-state index < -0.39 is 11.1 Å². The molecule has 116 valence electrons. The molecule has 1 aromatic carbocycles. The van der Waals surface area contributed by atoms with Crippen molar-refractivity contribution >= 4 is 5.91 Å². The normalized spacial score (nSPS) is 19.2. The van der Waals surface area contributed by atoms with Crippen LogP contribution in [0.2, 0.25) is 0 Å². The van der Waals surface area contributed by atoms with Crippen molar-refractivity contribution in [3.63, 3.8) is 0 Å². The smallest absolute Gasteiger partial charge is 0.248 e. The Hall–Kier alpha value is -2.17. The summed E-state index contributed by atoms with van der Waals surface area (Å²) in [5.74, 6) is 0.607. The van der Waals surface area contributed by atoms with E-state index in [1.54, 1.807) is 24.1 Å². The zero-order valence-corrected chi connectivity index (χ0v) is 13.5. The molecule has 5 heteroatoms. The quantitative estimate of drug-likeness (QED) is 0.811. The van der Waals surface area contributed by atoms with Crippen molar-refractivity contribution in [2.75, 3.05) is 7.05 Å². The fourth-order valence-corrected chi connectivity index (χ4v) is 2.92. The Labute approximate surface area is 129 Å². The van der Waals surface area contributed by atoms with Gasteiger partial charge in [0.25, 0.3) is 0 Å². The molecule has 0 radical (unpaired) electrons. The number of amides is 1. The molecule has 22 heavy (non-hydrogen) atoms. The third kappa shape index (κ3) is 1.88. The van der Waals surface area contributed by atoms with Crippen LogP contribution in [0.15, 0.2) is 30.5 Å². The monoisotopic (exact) mass is 301 g/mol. The van der Waals surface area contributed by atoms with E-state index in [-0.39, 0.29) is 11.7 Å². The molecule has 1 amide bonds. The first kappa shape index (κ1) is 14.8. The van der Waals surface area contributed by atoms with Crippen molar-refractivity contribution in [3.8, 4) is 11.3 Å². The van der Waals surface area contributed by atoms with Gasteiger partial charge in [0, 0.05) is 18.8 Å². The van der Waals surface area contributed by atoms with Crippen LogP contribution >= 0.6 is 0 Å². The van der Waals surface area contributed by atoms with Crippen LogP contribution in [0, 0.1) is 5.82 Å². The Balaban J connectivity index is 2.20. The maximum absolute atomic E-state index is 13.1. The van der Waals surface area contributed by atoms with E-state index in [4.69, 9.17) is 4.98 Å². The van der Waals surface area contributed by atoms with E-state index >= 15 is 0 Å². The number of carbonyl (C=O) groups excluding carboxylic acids is 1. The van der Waals surface area contributed by atoms with Gasteiger partial charge in [0.2, 0.25) is 5.91 Å². The number of fused-ring (bicyclic) bond motifs is 1. The van der Waals surface area contributed by atoms with Gasteiger partial charge in [-0.2, -0.15) is 0 Å². The third-order valence-corrected chi connectivity index (χ3v) is 4.66. The second kappa shape index (κ2) is 4.41. The Morgan fingerprint density at radius 3 is 2.23 bits per heavy atom. The first-order valence-electron chi connectivity index (χ1n) is 7.30. The summed E-state index contributed by atoms with van der Waals surface area (Å²) >= 11 is 0. The van der Waals surface area contributed by atoms with E-state index in [9.17, 15) is 9.18 Å². The number of likely N-dealkylation sites (N-methyl/N-ethyl adjacent to an activating group) is 1. The number of rotatable bonds is 1. The molecule has 0 aliphatic carbocycles. The van der Waals surface area contributed by atoms with E-state index in [0.29, 0.717) is 0 Å². The summed E-state index contributed by atoms with van der Waals surface area (Å²) in [7, 11) is 1.81. The predicted octanol–water partition coefficient (Wildman–Crippen LogP) is 3.13. The number of carbonyl (C=O) groups is 1. The molecule has 0 bridgehead atoms. The topological polar surface area (TPSA) is 38.1 Å². The summed E-state index contributed by atoms with van der Waals surface area (Å²) in [6, 6.07) is 6.24. The highest BCUT2D eigenvalue weighted by atomic mass is 19.1. The molecule has 0 unspecified atom stereocenters. The van der Waals surface area contributed by atoms with E-state index in [1.807, 2.05) is 38.5 Å². The molecule has 1 aliphatic heterocycles. The average Bonchev–Trinajstić information content (AvgIpc) is 2.92. The molecule has 0 saturated heterocycles. The number of nitrogens with zero attached hydrogens (tertiary/aromatic N) is 3. The Kier molecular flexibility index (Phi) is 2.96. The van der Waals surface area contributed by atoms with Crippen LogP contribution in [0.3, 0.4) is 0 Å². The molecule has 3 rings (SSSR count). The lowest BCUT2D eigenvalue weighted by Crippen LogP contribution is -2.58. The van der Waals surface area contributed by atoms with E-state index in [0.717, 1.165) is 17.1 Å². The molecule has 1 aliphatic rings. The third-order valence-electron chi connectivity index (χ3n) is 4.66. The first-order chi connectivity index (χ1) is 10.2. The Morgan fingerprint density at radius 1 is 1.05 bits per heavy atom. The molecular formula is C17H20FN3O. The van der Waals surface area contributed by atoms with Crippen molar-refractivity contribution in [2.45, 2.75) is 38.8 Å². The Morgan fingerprint density at radius 2 is 1.64 bits per heavy atom. The van der Waals surface area contributed by atoms with Gasteiger partial charge in [-0.15, -0.1) is 0 Å². The summed E-state index contributed by atoms with van der Waals surface area (Å²) in [6.07, 6.45) is 1.88. The SMILES string of the molecule is CN1C(=O)C(C)(C)n2cc(-c3ccc(F)cc3)nc2C1(C)C. The number of halogens is 1. The zero-order chi connectivity index (χ0) is 16.3. The van der Waals surface area contributed by atoms with Gasteiger partial charge < -0.3 is 9.47 Å². The summed E-state index contributed by atoms with van der Waals surface area (Å²) in [5.41, 5.74) is 0.403. The molecule has 1 aromatic heterocycles. The standard InChI is InChI=1S/C17H20FN3O/c1-16(2)14-19-13(11-6-8-12(18)9-7-11)10-21(14)17(3,4)15(22)20(16)5/h6-10H,1-5H3. The molecule has 0 fully saturated rings. The highest BCUT2D eigenvalue weighted by Gasteiger charge is 2.48. The van der Waals surface area contributed by atoms with Gasteiger partial charge in [0.05, 0.1) is 11.2 Å². The molecule has 2 heterocycles. The van der Waals surface area contributed by atoms with Gasteiger partial charge in [-0.1, -0.05) is 0 Å². The number of aromatic nitrogens is 2. The lowest BCUT2D eigenvalue weighted by atomic mass is 9.91. The molecule has 0 N–H and O–H groups in total. The first-order valence-corrected chi connectivity index (χ1v) is 7.30. The van der Waals surface area contributed by atoms with Crippen molar-refractivity contribution in [1.29, 1.82) is 0 Å². The van der Waals surface area contributed by atoms with E-state index in [2.05, 4.69) is 0 Å². The van der Waals surface area contributed by atoms with Crippen LogP contribution in [0.5, 0.6) is 0 Å². The minimum absolute atomic E-state index is 0.0491. The minimum Gasteiger partial charge on any atom is -0.331 e. The van der Waals surface area contributed by atoms with Gasteiger partial charge in [-0.05, 0) is 52.0 Å². The van der Waals surface area contributed by atoms with Crippen LogP contribution in [-0.4, -0.2) is 27.4 Å². The number of benzene rings is 1. The maximum atomic E-state index is 13.1. The fourth-order valence-electron chi connectivity index (χ4n) is 2.92. The zero-order valence-electron chi connectivity index (χ0n) is 13.5. The minimum atomic E-state index is -0.690.